The minimum absolute atomic E-state index is 0.300. The van der Waals surface area contributed by atoms with Gasteiger partial charge in [-0.05, 0) is 32.9 Å². The number of carbonyl (C=O) groups is 1. The Kier molecular flexibility index (Phi) is 2.53. The van der Waals surface area contributed by atoms with E-state index in [1.54, 1.807) is 45.0 Å². The number of rotatable bonds is 0. The van der Waals surface area contributed by atoms with Crippen molar-refractivity contribution >= 4 is 17.0 Å². The first kappa shape index (κ1) is 11.4. The lowest BCUT2D eigenvalue weighted by molar-refractivity contribution is 0.0522. The monoisotopic (exact) mass is 234 g/mol. The van der Waals surface area contributed by atoms with E-state index in [-0.39, 0.29) is 5.56 Å². The molecule has 0 radical (unpaired) electrons. The molecule has 1 aromatic carbocycles. The van der Waals surface area contributed by atoms with Crippen molar-refractivity contribution in [2.75, 3.05) is 0 Å². The summed E-state index contributed by atoms with van der Waals surface area (Å²) in [4.78, 5) is 23.4. The maximum atomic E-state index is 11.9. The number of ether oxygens (including phenoxy) is 1. The maximum Gasteiger partial charge on any atom is 0.434 e. The summed E-state index contributed by atoms with van der Waals surface area (Å²) in [6.07, 6.45) is -0.587. The molecule has 5 heteroatoms. The summed E-state index contributed by atoms with van der Waals surface area (Å²) in [5.74, 6) is 0. The second-order valence-corrected chi connectivity index (χ2v) is 4.77. The fourth-order valence-corrected chi connectivity index (χ4v) is 1.53. The van der Waals surface area contributed by atoms with E-state index in [4.69, 9.17) is 4.74 Å². The van der Waals surface area contributed by atoms with Crippen molar-refractivity contribution in [2.45, 2.75) is 26.4 Å². The molecule has 1 N–H and O–H groups in total. The lowest BCUT2D eigenvalue weighted by atomic mass is 10.2. The van der Waals surface area contributed by atoms with E-state index in [0.29, 0.717) is 10.9 Å². The first-order valence-corrected chi connectivity index (χ1v) is 5.31. The number of aromatic nitrogens is 2. The van der Waals surface area contributed by atoms with Crippen molar-refractivity contribution in [2.24, 2.45) is 0 Å². The molecule has 0 fully saturated rings. The first-order chi connectivity index (χ1) is 7.88. The van der Waals surface area contributed by atoms with Gasteiger partial charge in [0.2, 0.25) is 0 Å². The number of fused-ring (bicyclic) bond motifs is 1. The standard InChI is InChI=1S/C12H14N2O3/c1-12(2,3)17-11(16)14-9-7-5-4-6-8(9)10(15)13-14/h4-7H,1-3H3,(H,13,15). The van der Waals surface area contributed by atoms with E-state index >= 15 is 0 Å². The molecule has 90 valence electrons. The Morgan fingerprint density at radius 2 is 1.94 bits per heavy atom. The normalized spacial score (nSPS) is 11.7. The predicted octanol–water partition coefficient (Wildman–Crippen LogP) is 2.11. The molecule has 0 aliphatic heterocycles. The second-order valence-electron chi connectivity index (χ2n) is 4.77. The Hall–Kier alpha value is -2.04. The molecule has 0 saturated carbocycles. The minimum atomic E-state index is -0.598. The van der Waals surface area contributed by atoms with Gasteiger partial charge in [0.25, 0.3) is 5.56 Å². The largest absolute Gasteiger partial charge is 0.442 e. The van der Waals surface area contributed by atoms with Crippen LogP contribution in [0.15, 0.2) is 29.1 Å². The predicted molar refractivity (Wildman–Crippen MR) is 64.2 cm³/mol. The van der Waals surface area contributed by atoms with Crippen LogP contribution in [0.2, 0.25) is 0 Å². The van der Waals surface area contributed by atoms with Gasteiger partial charge < -0.3 is 4.74 Å². The van der Waals surface area contributed by atoms with Crippen LogP contribution in [-0.2, 0) is 4.74 Å². The molecule has 0 spiro atoms. The van der Waals surface area contributed by atoms with Gasteiger partial charge in [-0.25, -0.2) is 4.79 Å². The second kappa shape index (κ2) is 3.76. The number of nitrogens with one attached hydrogen (secondary N) is 1. The Labute approximate surface area is 98.0 Å². The molecule has 2 rings (SSSR count). The summed E-state index contributed by atoms with van der Waals surface area (Å²) < 4.78 is 6.33. The van der Waals surface area contributed by atoms with Crippen LogP contribution in [0, 0.1) is 0 Å². The summed E-state index contributed by atoms with van der Waals surface area (Å²) in [6.45, 7) is 5.32. The molecule has 0 aliphatic rings. The van der Waals surface area contributed by atoms with Gasteiger partial charge in [0.15, 0.2) is 0 Å². The number of nitrogens with zero attached hydrogens (tertiary/aromatic N) is 1. The van der Waals surface area contributed by atoms with Crippen LogP contribution in [0.25, 0.3) is 10.9 Å². The third-order valence-electron chi connectivity index (χ3n) is 2.18. The lowest BCUT2D eigenvalue weighted by Gasteiger charge is -2.19. The average Bonchev–Trinajstić information content (AvgIpc) is 2.55. The molecule has 0 bridgehead atoms. The van der Waals surface area contributed by atoms with E-state index in [9.17, 15) is 9.59 Å². The zero-order chi connectivity index (χ0) is 12.6. The van der Waals surface area contributed by atoms with Crippen LogP contribution in [0.4, 0.5) is 4.79 Å². The van der Waals surface area contributed by atoms with Crippen molar-refractivity contribution in [1.82, 2.24) is 9.78 Å². The van der Waals surface area contributed by atoms with E-state index < -0.39 is 11.7 Å². The zero-order valence-corrected chi connectivity index (χ0v) is 9.98. The van der Waals surface area contributed by atoms with Crippen LogP contribution in [-0.4, -0.2) is 21.5 Å². The summed E-state index contributed by atoms with van der Waals surface area (Å²) in [7, 11) is 0. The quantitative estimate of drug-likeness (QED) is 0.759. The van der Waals surface area contributed by atoms with E-state index in [1.165, 1.54) is 0 Å². The van der Waals surface area contributed by atoms with Crippen LogP contribution in [0.1, 0.15) is 20.8 Å². The third kappa shape index (κ3) is 2.22. The van der Waals surface area contributed by atoms with Crippen LogP contribution in [0.3, 0.4) is 0 Å². The molecule has 0 atom stereocenters. The highest BCUT2D eigenvalue weighted by molar-refractivity contribution is 5.87. The number of hydrogen-bond acceptors (Lipinski definition) is 3. The third-order valence-corrected chi connectivity index (χ3v) is 2.18. The highest BCUT2D eigenvalue weighted by Gasteiger charge is 2.20. The van der Waals surface area contributed by atoms with Gasteiger partial charge in [-0.15, -0.1) is 0 Å². The van der Waals surface area contributed by atoms with Crippen molar-refractivity contribution in [3.8, 4) is 0 Å². The Morgan fingerprint density at radius 3 is 2.59 bits per heavy atom. The van der Waals surface area contributed by atoms with Gasteiger partial charge in [0.05, 0.1) is 10.9 Å². The molecule has 0 saturated heterocycles. The Morgan fingerprint density at radius 1 is 1.29 bits per heavy atom. The first-order valence-electron chi connectivity index (χ1n) is 5.31. The molecule has 1 heterocycles. The van der Waals surface area contributed by atoms with Crippen LogP contribution >= 0.6 is 0 Å². The highest BCUT2D eigenvalue weighted by atomic mass is 16.6. The number of carbonyl (C=O) groups excluding carboxylic acids is 1. The van der Waals surface area contributed by atoms with Gasteiger partial charge in [-0.3, -0.25) is 9.89 Å². The summed E-state index contributed by atoms with van der Waals surface area (Å²) in [5, 5.41) is 2.93. The van der Waals surface area contributed by atoms with Gasteiger partial charge in [-0.2, -0.15) is 4.68 Å². The van der Waals surface area contributed by atoms with E-state index in [2.05, 4.69) is 5.10 Å². The topological polar surface area (TPSA) is 64.1 Å². The zero-order valence-electron chi connectivity index (χ0n) is 9.98. The van der Waals surface area contributed by atoms with E-state index in [1.807, 2.05) is 0 Å². The fraction of sp³-hybridized carbons (Fsp3) is 0.333. The van der Waals surface area contributed by atoms with Crippen molar-refractivity contribution in [1.29, 1.82) is 0 Å². The molecule has 0 amide bonds. The Bertz CT molecular complexity index is 616. The van der Waals surface area contributed by atoms with Crippen molar-refractivity contribution in [3.63, 3.8) is 0 Å². The van der Waals surface area contributed by atoms with Crippen LogP contribution in [0.5, 0.6) is 0 Å². The Balaban J connectivity index is 2.50. The smallest absolute Gasteiger partial charge is 0.434 e. The number of hydrogen-bond donors (Lipinski definition) is 1. The fourth-order valence-electron chi connectivity index (χ4n) is 1.53. The molecular formula is C12H14N2O3. The molecule has 17 heavy (non-hydrogen) atoms. The molecular weight excluding hydrogens is 220 g/mol. The molecule has 2 aromatic rings. The number of benzene rings is 1. The van der Waals surface area contributed by atoms with Gasteiger partial charge >= 0.3 is 6.09 Å². The molecule has 0 unspecified atom stereocenters. The summed E-state index contributed by atoms with van der Waals surface area (Å²) in [5.41, 5.74) is -0.377. The molecule has 0 aliphatic carbocycles. The molecule has 5 nitrogen and oxygen atoms in total. The number of H-pyrrole nitrogens is 1. The number of aromatic amines is 1. The summed E-state index contributed by atoms with van der Waals surface area (Å²) >= 11 is 0. The average molecular weight is 234 g/mol. The van der Waals surface area contributed by atoms with Crippen molar-refractivity contribution < 1.29 is 9.53 Å². The van der Waals surface area contributed by atoms with Gasteiger partial charge in [-0.1, -0.05) is 12.1 Å². The maximum absolute atomic E-state index is 11.9. The van der Waals surface area contributed by atoms with Crippen molar-refractivity contribution in [3.05, 3.63) is 34.6 Å². The minimum Gasteiger partial charge on any atom is -0.442 e. The van der Waals surface area contributed by atoms with Gasteiger partial charge in [0, 0.05) is 0 Å². The van der Waals surface area contributed by atoms with Gasteiger partial charge in [0.1, 0.15) is 5.60 Å². The lowest BCUT2D eigenvalue weighted by Crippen LogP contribution is -2.28. The highest BCUT2D eigenvalue weighted by Crippen LogP contribution is 2.12. The SMILES string of the molecule is CC(C)(C)OC(=O)n1[nH]c(=O)c2ccccc21. The molecule has 1 aromatic heterocycles. The summed E-state index contributed by atoms with van der Waals surface area (Å²) in [6, 6.07) is 6.86. The van der Waals surface area contributed by atoms with E-state index in [0.717, 1.165) is 4.68 Å². The van der Waals surface area contributed by atoms with Crippen LogP contribution < -0.4 is 5.56 Å². The number of para-hydroxylation sites is 1.